The third kappa shape index (κ3) is 2.81. The Morgan fingerprint density at radius 2 is 2.28 bits per heavy atom. The number of nitrogens with zero attached hydrogens (tertiary/aromatic N) is 1. The highest BCUT2D eigenvalue weighted by Crippen LogP contribution is 2.18. The predicted molar refractivity (Wildman–Crippen MR) is 76.5 cm³/mol. The lowest BCUT2D eigenvalue weighted by molar-refractivity contribution is 0.0952. The maximum absolute atomic E-state index is 12.4. The van der Waals surface area contributed by atoms with Gasteiger partial charge in [-0.1, -0.05) is 19.9 Å². The minimum atomic E-state index is 0.0895. The van der Waals surface area contributed by atoms with Gasteiger partial charge in [0.25, 0.3) is 5.56 Å². The SMILES string of the molecule is CC(C)c1ccc(CS)c(=O)n1CC1CCCO1. The molecule has 18 heavy (non-hydrogen) atoms. The van der Waals surface area contributed by atoms with Gasteiger partial charge in [0.1, 0.15) is 0 Å². The molecule has 0 radical (unpaired) electrons. The topological polar surface area (TPSA) is 31.2 Å². The zero-order valence-electron chi connectivity index (χ0n) is 11.1. The Kier molecular flexibility index (Phi) is 4.51. The lowest BCUT2D eigenvalue weighted by Gasteiger charge is -2.19. The van der Waals surface area contributed by atoms with E-state index in [1.54, 1.807) is 0 Å². The average Bonchev–Trinajstić information content (AvgIpc) is 2.84. The molecular formula is C14H21NO2S. The summed E-state index contributed by atoms with van der Waals surface area (Å²) in [5, 5.41) is 0. The first-order chi connectivity index (χ1) is 8.63. The average molecular weight is 267 g/mol. The van der Waals surface area contributed by atoms with Crippen LogP contribution in [-0.2, 0) is 17.0 Å². The molecule has 2 heterocycles. The van der Waals surface area contributed by atoms with Crippen molar-refractivity contribution in [3.8, 4) is 0 Å². The van der Waals surface area contributed by atoms with Crippen molar-refractivity contribution >= 4 is 12.6 Å². The first-order valence-electron chi connectivity index (χ1n) is 6.58. The van der Waals surface area contributed by atoms with Gasteiger partial charge < -0.3 is 9.30 Å². The van der Waals surface area contributed by atoms with Crippen molar-refractivity contribution in [1.29, 1.82) is 0 Å². The molecule has 0 spiro atoms. The molecule has 0 aliphatic carbocycles. The summed E-state index contributed by atoms with van der Waals surface area (Å²) in [6.45, 7) is 5.72. The second-order valence-electron chi connectivity index (χ2n) is 5.15. The van der Waals surface area contributed by atoms with Crippen LogP contribution in [0.1, 0.15) is 43.9 Å². The fraction of sp³-hybridized carbons (Fsp3) is 0.643. The van der Waals surface area contributed by atoms with Crippen molar-refractivity contribution in [3.05, 3.63) is 33.7 Å². The molecule has 0 amide bonds. The molecule has 1 fully saturated rings. The molecule has 1 atom stereocenters. The van der Waals surface area contributed by atoms with Crippen LogP contribution in [0, 0.1) is 0 Å². The van der Waals surface area contributed by atoms with Gasteiger partial charge in [0, 0.05) is 23.6 Å². The molecule has 1 saturated heterocycles. The molecule has 0 bridgehead atoms. The summed E-state index contributed by atoms with van der Waals surface area (Å²) in [6, 6.07) is 3.95. The van der Waals surface area contributed by atoms with Crippen molar-refractivity contribution in [2.45, 2.75) is 51.0 Å². The van der Waals surface area contributed by atoms with E-state index in [4.69, 9.17) is 4.74 Å². The molecule has 1 aliphatic rings. The molecule has 0 saturated carbocycles. The Morgan fingerprint density at radius 3 is 2.83 bits per heavy atom. The van der Waals surface area contributed by atoms with Crippen molar-refractivity contribution in [3.63, 3.8) is 0 Å². The van der Waals surface area contributed by atoms with Crippen molar-refractivity contribution in [2.75, 3.05) is 6.61 Å². The number of rotatable bonds is 4. The summed E-state index contributed by atoms with van der Waals surface area (Å²) in [6.07, 6.45) is 2.34. The van der Waals surface area contributed by atoms with E-state index in [1.165, 1.54) is 0 Å². The van der Waals surface area contributed by atoms with Gasteiger partial charge in [0.05, 0.1) is 12.6 Å². The number of ether oxygens (including phenoxy) is 1. The van der Waals surface area contributed by atoms with E-state index in [1.807, 2.05) is 16.7 Å². The smallest absolute Gasteiger partial charge is 0.254 e. The van der Waals surface area contributed by atoms with E-state index in [0.717, 1.165) is 30.7 Å². The van der Waals surface area contributed by atoms with E-state index in [-0.39, 0.29) is 11.7 Å². The van der Waals surface area contributed by atoms with Crippen molar-refractivity contribution < 1.29 is 4.74 Å². The Hall–Kier alpha value is -0.740. The van der Waals surface area contributed by atoms with Gasteiger partial charge in [-0.15, -0.1) is 0 Å². The zero-order chi connectivity index (χ0) is 13.1. The van der Waals surface area contributed by atoms with Crippen LogP contribution in [0.25, 0.3) is 0 Å². The van der Waals surface area contributed by atoms with Crippen LogP contribution in [0.5, 0.6) is 0 Å². The van der Waals surface area contributed by atoms with Gasteiger partial charge in [-0.05, 0) is 24.8 Å². The third-order valence-corrected chi connectivity index (χ3v) is 3.80. The Labute approximate surface area is 114 Å². The number of hydrogen-bond acceptors (Lipinski definition) is 3. The molecule has 1 aromatic heterocycles. The summed E-state index contributed by atoms with van der Waals surface area (Å²) < 4.78 is 7.52. The van der Waals surface area contributed by atoms with Crippen molar-refractivity contribution in [2.24, 2.45) is 0 Å². The summed E-state index contributed by atoms with van der Waals surface area (Å²) >= 11 is 4.22. The number of hydrogen-bond donors (Lipinski definition) is 1. The highest BCUT2D eigenvalue weighted by Gasteiger charge is 2.19. The highest BCUT2D eigenvalue weighted by molar-refractivity contribution is 7.79. The van der Waals surface area contributed by atoms with E-state index >= 15 is 0 Å². The third-order valence-electron chi connectivity index (χ3n) is 3.46. The van der Waals surface area contributed by atoms with Crippen LogP contribution >= 0.6 is 12.6 Å². The standard InChI is InChI=1S/C14H21NO2S/c1-10(2)13-6-5-11(9-18)14(16)15(13)8-12-4-3-7-17-12/h5-6,10,12,18H,3-4,7-9H2,1-2H3. The van der Waals surface area contributed by atoms with Crippen LogP contribution < -0.4 is 5.56 Å². The second kappa shape index (κ2) is 5.93. The van der Waals surface area contributed by atoms with Crippen LogP contribution in [-0.4, -0.2) is 17.3 Å². The summed E-state index contributed by atoms with van der Waals surface area (Å²) in [5.41, 5.74) is 1.94. The Morgan fingerprint density at radius 1 is 1.50 bits per heavy atom. The molecule has 1 aromatic rings. The molecule has 0 aromatic carbocycles. The molecule has 2 rings (SSSR count). The quantitative estimate of drug-likeness (QED) is 0.850. The first-order valence-corrected chi connectivity index (χ1v) is 7.21. The van der Waals surface area contributed by atoms with Gasteiger partial charge in [-0.25, -0.2) is 0 Å². The number of pyridine rings is 1. The fourth-order valence-electron chi connectivity index (χ4n) is 2.44. The maximum Gasteiger partial charge on any atom is 0.254 e. The largest absolute Gasteiger partial charge is 0.376 e. The Bertz CT molecular complexity index is 461. The van der Waals surface area contributed by atoms with E-state index in [9.17, 15) is 4.79 Å². The highest BCUT2D eigenvalue weighted by atomic mass is 32.1. The van der Waals surface area contributed by atoms with E-state index in [0.29, 0.717) is 18.2 Å². The molecular weight excluding hydrogens is 246 g/mol. The van der Waals surface area contributed by atoms with E-state index in [2.05, 4.69) is 26.5 Å². The summed E-state index contributed by atoms with van der Waals surface area (Å²) in [4.78, 5) is 12.4. The lowest BCUT2D eigenvalue weighted by atomic mass is 10.1. The Balaban J connectivity index is 2.36. The second-order valence-corrected chi connectivity index (χ2v) is 5.46. The number of thiol groups is 1. The van der Waals surface area contributed by atoms with Gasteiger partial charge >= 0.3 is 0 Å². The molecule has 1 aliphatic heterocycles. The molecule has 100 valence electrons. The monoisotopic (exact) mass is 267 g/mol. The van der Waals surface area contributed by atoms with E-state index < -0.39 is 0 Å². The van der Waals surface area contributed by atoms with Crippen LogP contribution in [0.4, 0.5) is 0 Å². The van der Waals surface area contributed by atoms with Crippen molar-refractivity contribution in [1.82, 2.24) is 4.57 Å². The normalized spacial score (nSPS) is 19.7. The molecule has 4 heteroatoms. The van der Waals surface area contributed by atoms with Gasteiger partial charge in [-0.3, -0.25) is 4.79 Å². The van der Waals surface area contributed by atoms with Gasteiger partial charge in [0.15, 0.2) is 0 Å². The molecule has 0 N–H and O–H groups in total. The lowest BCUT2D eigenvalue weighted by Crippen LogP contribution is -2.31. The van der Waals surface area contributed by atoms with Crippen LogP contribution in [0.3, 0.4) is 0 Å². The summed E-state index contributed by atoms with van der Waals surface area (Å²) in [5.74, 6) is 0.830. The predicted octanol–water partition coefficient (Wildman–Crippen LogP) is 2.58. The fourth-order valence-corrected chi connectivity index (χ4v) is 2.68. The van der Waals surface area contributed by atoms with Crippen LogP contribution in [0.2, 0.25) is 0 Å². The first kappa shape index (κ1) is 13.7. The molecule has 1 unspecified atom stereocenters. The zero-order valence-corrected chi connectivity index (χ0v) is 12.0. The van der Waals surface area contributed by atoms with Gasteiger partial charge in [0.2, 0.25) is 0 Å². The van der Waals surface area contributed by atoms with Crippen LogP contribution in [0.15, 0.2) is 16.9 Å². The molecule has 3 nitrogen and oxygen atoms in total. The summed E-state index contributed by atoms with van der Waals surface area (Å²) in [7, 11) is 0. The maximum atomic E-state index is 12.4. The van der Waals surface area contributed by atoms with Gasteiger partial charge in [-0.2, -0.15) is 12.6 Å². The number of aromatic nitrogens is 1. The minimum absolute atomic E-state index is 0.0895. The minimum Gasteiger partial charge on any atom is -0.376 e.